The Morgan fingerprint density at radius 1 is 1.25 bits per heavy atom. The van der Waals surface area contributed by atoms with Crippen molar-refractivity contribution in [2.24, 2.45) is 0 Å². The van der Waals surface area contributed by atoms with E-state index in [0.717, 1.165) is 5.69 Å². The van der Waals surface area contributed by atoms with Crippen LogP contribution in [0.1, 0.15) is 30.7 Å². The van der Waals surface area contributed by atoms with Gasteiger partial charge in [-0.05, 0) is 24.6 Å². The number of pyridine rings is 1. The Kier molecular flexibility index (Phi) is 4.69. The lowest BCUT2D eigenvalue weighted by atomic mass is 10.1. The van der Waals surface area contributed by atoms with Gasteiger partial charge in [0.05, 0.1) is 23.7 Å². The van der Waals surface area contributed by atoms with E-state index in [9.17, 15) is 9.50 Å². The second-order valence-electron chi connectivity index (χ2n) is 4.81. The second kappa shape index (κ2) is 6.48. The molecule has 3 nitrogen and oxygen atoms in total. The molecule has 4 heteroatoms. The van der Waals surface area contributed by atoms with Crippen molar-refractivity contribution in [3.05, 3.63) is 59.7 Å². The van der Waals surface area contributed by atoms with E-state index in [0.29, 0.717) is 24.2 Å². The maximum Gasteiger partial charge on any atom is 0.128 e. The molecule has 1 aromatic carbocycles. The predicted octanol–water partition coefficient (Wildman–Crippen LogP) is 3.30. The summed E-state index contributed by atoms with van der Waals surface area (Å²) in [5.74, 6) is -0.203. The summed E-state index contributed by atoms with van der Waals surface area (Å²) in [6.07, 6.45) is 1.81. The molecule has 0 saturated heterocycles. The molecule has 1 aromatic heterocycles. The van der Waals surface area contributed by atoms with E-state index in [-0.39, 0.29) is 5.82 Å². The van der Waals surface area contributed by atoms with Crippen LogP contribution in [0, 0.1) is 5.82 Å². The van der Waals surface area contributed by atoms with E-state index < -0.39 is 6.10 Å². The van der Waals surface area contributed by atoms with Crippen molar-refractivity contribution in [3.8, 4) is 0 Å². The molecule has 20 heavy (non-hydrogen) atoms. The number of aliphatic hydroxyl groups is 1. The fraction of sp³-hybridized carbons (Fsp3) is 0.312. The minimum atomic E-state index is -0.527. The van der Waals surface area contributed by atoms with Gasteiger partial charge < -0.3 is 10.0 Å². The SMILES string of the molecule is CCC(O)c1ccc(N(C)Cc2ccccc2F)cn1. The summed E-state index contributed by atoms with van der Waals surface area (Å²) in [6.45, 7) is 2.38. The number of benzene rings is 1. The van der Waals surface area contributed by atoms with Crippen molar-refractivity contribution in [2.75, 3.05) is 11.9 Å². The molecule has 0 saturated carbocycles. The third-order valence-corrected chi connectivity index (χ3v) is 3.30. The Labute approximate surface area is 118 Å². The third-order valence-electron chi connectivity index (χ3n) is 3.30. The van der Waals surface area contributed by atoms with Crippen LogP contribution in [-0.4, -0.2) is 17.1 Å². The lowest BCUT2D eigenvalue weighted by Crippen LogP contribution is -2.17. The molecular weight excluding hydrogens is 255 g/mol. The number of rotatable bonds is 5. The average Bonchev–Trinajstić information content (AvgIpc) is 2.49. The normalized spacial score (nSPS) is 12.2. The molecule has 1 N–H and O–H groups in total. The van der Waals surface area contributed by atoms with Crippen molar-refractivity contribution in [1.29, 1.82) is 0 Å². The first kappa shape index (κ1) is 14.5. The highest BCUT2D eigenvalue weighted by molar-refractivity contribution is 5.44. The van der Waals surface area contributed by atoms with Crippen LogP contribution < -0.4 is 4.90 Å². The van der Waals surface area contributed by atoms with E-state index in [4.69, 9.17) is 0 Å². The first-order valence-corrected chi connectivity index (χ1v) is 6.70. The lowest BCUT2D eigenvalue weighted by Gasteiger charge is -2.20. The fourth-order valence-electron chi connectivity index (χ4n) is 2.00. The number of aromatic nitrogens is 1. The number of anilines is 1. The Hall–Kier alpha value is -1.94. The van der Waals surface area contributed by atoms with Crippen LogP contribution in [0.2, 0.25) is 0 Å². The van der Waals surface area contributed by atoms with Crippen molar-refractivity contribution < 1.29 is 9.50 Å². The van der Waals surface area contributed by atoms with E-state index >= 15 is 0 Å². The smallest absolute Gasteiger partial charge is 0.128 e. The van der Waals surface area contributed by atoms with Gasteiger partial charge >= 0.3 is 0 Å². The summed E-state index contributed by atoms with van der Waals surface area (Å²) in [6, 6.07) is 10.4. The van der Waals surface area contributed by atoms with Gasteiger partial charge in [-0.1, -0.05) is 25.1 Å². The van der Waals surface area contributed by atoms with Crippen molar-refractivity contribution in [1.82, 2.24) is 4.98 Å². The number of hydrogen-bond donors (Lipinski definition) is 1. The molecule has 0 fully saturated rings. The Morgan fingerprint density at radius 2 is 2.00 bits per heavy atom. The highest BCUT2D eigenvalue weighted by Gasteiger charge is 2.09. The maximum absolute atomic E-state index is 13.6. The van der Waals surface area contributed by atoms with Crippen LogP contribution in [0.15, 0.2) is 42.6 Å². The summed E-state index contributed by atoms with van der Waals surface area (Å²) in [7, 11) is 1.89. The average molecular weight is 274 g/mol. The first-order valence-electron chi connectivity index (χ1n) is 6.70. The molecule has 0 aliphatic heterocycles. The topological polar surface area (TPSA) is 36.4 Å². The molecule has 1 unspecified atom stereocenters. The van der Waals surface area contributed by atoms with Crippen LogP contribution in [0.3, 0.4) is 0 Å². The molecular formula is C16H19FN2O. The van der Waals surface area contributed by atoms with Gasteiger partial charge in [-0.2, -0.15) is 0 Å². The van der Waals surface area contributed by atoms with Gasteiger partial charge in [-0.15, -0.1) is 0 Å². The molecule has 0 amide bonds. The number of nitrogens with zero attached hydrogens (tertiary/aromatic N) is 2. The largest absolute Gasteiger partial charge is 0.387 e. The highest BCUT2D eigenvalue weighted by Crippen LogP contribution is 2.19. The standard InChI is InChI=1S/C16H19FN2O/c1-3-16(20)15-9-8-13(10-18-15)19(2)11-12-6-4-5-7-14(12)17/h4-10,16,20H,3,11H2,1-2H3. The Morgan fingerprint density at radius 3 is 2.60 bits per heavy atom. The first-order chi connectivity index (χ1) is 9.61. The molecule has 0 aliphatic rings. The second-order valence-corrected chi connectivity index (χ2v) is 4.81. The van der Waals surface area contributed by atoms with Crippen LogP contribution in [0.5, 0.6) is 0 Å². The summed E-state index contributed by atoms with van der Waals surface area (Å²) in [4.78, 5) is 6.17. The zero-order valence-electron chi connectivity index (χ0n) is 11.8. The summed E-state index contributed by atoms with van der Waals surface area (Å²) < 4.78 is 13.6. The van der Waals surface area contributed by atoms with Gasteiger partial charge in [0.25, 0.3) is 0 Å². The molecule has 0 radical (unpaired) electrons. The number of halogens is 1. The quantitative estimate of drug-likeness (QED) is 0.908. The van der Waals surface area contributed by atoms with E-state index in [1.807, 2.05) is 31.0 Å². The molecule has 0 aliphatic carbocycles. The summed E-state index contributed by atoms with van der Waals surface area (Å²) in [5.41, 5.74) is 2.20. The molecule has 0 spiro atoms. The number of aliphatic hydroxyl groups excluding tert-OH is 1. The zero-order valence-corrected chi connectivity index (χ0v) is 11.8. The van der Waals surface area contributed by atoms with Gasteiger partial charge in [0.15, 0.2) is 0 Å². The van der Waals surface area contributed by atoms with Crippen molar-refractivity contribution in [2.45, 2.75) is 26.0 Å². The minimum Gasteiger partial charge on any atom is -0.387 e. The molecule has 2 aromatic rings. The molecule has 1 atom stereocenters. The summed E-state index contributed by atoms with van der Waals surface area (Å²) in [5, 5.41) is 9.70. The Bertz CT molecular complexity index is 557. The minimum absolute atomic E-state index is 0.203. The monoisotopic (exact) mass is 274 g/mol. The fourth-order valence-corrected chi connectivity index (χ4v) is 2.00. The van der Waals surface area contributed by atoms with E-state index in [2.05, 4.69) is 4.98 Å². The predicted molar refractivity (Wildman–Crippen MR) is 78.0 cm³/mol. The molecule has 1 heterocycles. The van der Waals surface area contributed by atoms with E-state index in [1.165, 1.54) is 6.07 Å². The third kappa shape index (κ3) is 3.33. The number of hydrogen-bond acceptors (Lipinski definition) is 3. The van der Waals surface area contributed by atoms with Crippen molar-refractivity contribution >= 4 is 5.69 Å². The van der Waals surface area contributed by atoms with Crippen LogP contribution >= 0.6 is 0 Å². The van der Waals surface area contributed by atoms with E-state index in [1.54, 1.807) is 24.4 Å². The summed E-state index contributed by atoms with van der Waals surface area (Å²) >= 11 is 0. The van der Waals surface area contributed by atoms with Crippen LogP contribution in [0.25, 0.3) is 0 Å². The van der Waals surface area contributed by atoms with Crippen LogP contribution in [-0.2, 0) is 6.54 Å². The molecule has 0 bridgehead atoms. The zero-order chi connectivity index (χ0) is 14.5. The van der Waals surface area contributed by atoms with Gasteiger partial charge in [-0.3, -0.25) is 4.98 Å². The lowest BCUT2D eigenvalue weighted by molar-refractivity contribution is 0.169. The van der Waals surface area contributed by atoms with Gasteiger partial charge in [0.1, 0.15) is 5.82 Å². The van der Waals surface area contributed by atoms with Crippen molar-refractivity contribution in [3.63, 3.8) is 0 Å². The molecule has 106 valence electrons. The van der Waals surface area contributed by atoms with Gasteiger partial charge in [-0.25, -0.2) is 4.39 Å². The van der Waals surface area contributed by atoms with Gasteiger partial charge in [0.2, 0.25) is 0 Å². The van der Waals surface area contributed by atoms with Crippen LogP contribution in [0.4, 0.5) is 10.1 Å². The maximum atomic E-state index is 13.6. The van der Waals surface area contributed by atoms with Gasteiger partial charge in [0, 0.05) is 19.2 Å². The molecule has 2 rings (SSSR count). The Balaban J connectivity index is 2.10. The highest BCUT2D eigenvalue weighted by atomic mass is 19.1.